The monoisotopic (exact) mass is 468 g/mol. The lowest BCUT2D eigenvalue weighted by atomic mass is 10.2. The highest BCUT2D eigenvalue weighted by molar-refractivity contribution is 7.99. The molecule has 0 bridgehead atoms. The van der Waals surface area contributed by atoms with Crippen LogP contribution in [0, 0.1) is 17.0 Å². The summed E-state index contributed by atoms with van der Waals surface area (Å²) in [5.41, 5.74) is 1.64. The molecule has 2 amide bonds. The number of hydrogen-bond acceptors (Lipinski definition) is 7. The third-order valence-corrected chi connectivity index (χ3v) is 5.83. The van der Waals surface area contributed by atoms with E-state index >= 15 is 0 Å². The molecule has 0 saturated heterocycles. The summed E-state index contributed by atoms with van der Waals surface area (Å²) in [6.07, 6.45) is 0. The molecular weight excluding hydrogens is 444 g/mol. The quantitative estimate of drug-likeness (QED) is 0.278. The van der Waals surface area contributed by atoms with Gasteiger partial charge in [-0.3, -0.25) is 19.7 Å². The number of hydrogen-bond donors (Lipinski definition) is 2. The molecule has 3 aromatic rings. The Morgan fingerprint density at radius 3 is 2.55 bits per heavy atom. The summed E-state index contributed by atoms with van der Waals surface area (Å²) < 4.78 is 1.85. The number of carbonyl (C=O) groups is 2. The highest BCUT2D eigenvalue weighted by Gasteiger charge is 2.20. The Kier molecular flexibility index (Phi) is 7.78. The number of nitro groups is 1. The Morgan fingerprint density at radius 2 is 1.91 bits per heavy atom. The summed E-state index contributed by atoms with van der Waals surface area (Å²) in [4.78, 5) is 35.2. The van der Waals surface area contributed by atoms with E-state index in [9.17, 15) is 19.7 Å². The summed E-state index contributed by atoms with van der Waals surface area (Å²) in [6.45, 7) is 6.03. The Hall–Kier alpha value is -3.73. The topological polar surface area (TPSA) is 132 Å². The highest BCUT2D eigenvalue weighted by Crippen LogP contribution is 2.23. The smallest absolute Gasteiger partial charge is 0.269 e. The van der Waals surface area contributed by atoms with Gasteiger partial charge in [0.2, 0.25) is 5.91 Å². The first-order valence-electron chi connectivity index (χ1n) is 10.3. The number of non-ortho nitro benzene ring substituents is 1. The van der Waals surface area contributed by atoms with Crippen LogP contribution < -0.4 is 10.6 Å². The van der Waals surface area contributed by atoms with Gasteiger partial charge in [0, 0.05) is 29.9 Å². The number of nitrogens with one attached hydrogen (secondary N) is 2. The SMILES string of the molecule is CCn1c(SCC(=O)Nc2ccc([N+](=O)[O-])cc2C)nnc1[C@H](C)NC(=O)c1ccccc1. The molecule has 1 heterocycles. The van der Waals surface area contributed by atoms with Crippen LogP contribution in [0.25, 0.3) is 0 Å². The Morgan fingerprint density at radius 1 is 1.18 bits per heavy atom. The number of anilines is 1. The predicted octanol–water partition coefficient (Wildman–Crippen LogP) is 3.74. The second-order valence-corrected chi connectivity index (χ2v) is 8.18. The van der Waals surface area contributed by atoms with Gasteiger partial charge in [-0.25, -0.2) is 0 Å². The first-order valence-corrected chi connectivity index (χ1v) is 11.3. The van der Waals surface area contributed by atoms with Gasteiger partial charge < -0.3 is 15.2 Å². The van der Waals surface area contributed by atoms with Crippen LogP contribution in [0.1, 0.15) is 41.6 Å². The highest BCUT2D eigenvalue weighted by atomic mass is 32.2. The number of thioether (sulfide) groups is 1. The summed E-state index contributed by atoms with van der Waals surface area (Å²) in [7, 11) is 0. The van der Waals surface area contributed by atoms with Crippen molar-refractivity contribution in [3.05, 3.63) is 75.6 Å². The number of nitro benzene ring substituents is 1. The van der Waals surface area contributed by atoms with Gasteiger partial charge in [0.15, 0.2) is 11.0 Å². The molecule has 0 radical (unpaired) electrons. The summed E-state index contributed by atoms with van der Waals surface area (Å²) in [6, 6.07) is 12.8. The lowest BCUT2D eigenvalue weighted by molar-refractivity contribution is -0.384. The average molecular weight is 469 g/mol. The van der Waals surface area contributed by atoms with Crippen molar-refractivity contribution >= 4 is 35.0 Å². The summed E-state index contributed by atoms with van der Waals surface area (Å²) >= 11 is 1.22. The van der Waals surface area contributed by atoms with E-state index in [1.165, 1.54) is 30.0 Å². The number of nitrogens with zero attached hydrogens (tertiary/aromatic N) is 4. The normalized spacial score (nSPS) is 11.6. The minimum atomic E-state index is -0.479. The van der Waals surface area contributed by atoms with Crippen molar-refractivity contribution in [3.8, 4) is 0 Å². The Balaban J connectivity index is 1.62. The Bertz CT molecular complexity index is 1160. The predicted molar refractivity (Wildman–Crippen MR) is 125 cm³/mol. The van der Waals surface area contributed by atoms with Gasteiger partial charge >= 0.3 is 0 Å². The third kappa shape index (κ3) is 5.95. The average Bonchev–Trinajstić information content (AvgIpc) is 3.22. The number of benzene rings is 2. The van der Waals surface area contributed by atoms with E-state index in [2.05, 4.69) is 20.8 Å². The van der Waals surface area contributed by atoms with E-state index in [0.29, 0.717) is 34.3 Å². The van der Waals surface area contributed by atoms with Gasteiger partial charge in [-0.05, 0) is 44.5 Å². The van der Waals surface area contributed by atoms with E-state index in [0.717, 1.165) is 0 Å². The molecule has 2 N–H and O–H groups in total. The minimum absolute atomic E-state index is 0.0306. The van der Waals surface area contributed by atoms with Crippen molar-refractivity contribution in [2.24, 2.45) is 0 Å². The minimum Gasteiger partial charge on any atom is -0.342 e. The van der Waals surface area contributed by atoms with Crippen molar-refractivity contribution in [1.82, 2.24) is 20.1 Å². The zero-order valence-electron chi connectivity index (χ0n) is 18.4. The second-order valence-electron chi connectivity index (χ2n) is 7.24. The number of amides is 2. The standard InChI is InChI=1S/C22H24N6O4S/c1-4-27-20(15(3)23-21(30)16-8-6-5-7-9-16)25-26-22(27)33-13-19(29)24-18-11-10-17(28(31)32)12-14(18)2/h5-12,15H,4,13H2,1-3H3,(H,23,30)(H,24,29)/t15-/m0/s1. The molecule has 0 saturated carbocycles. The maximum absolute atomic E-state index is 12.4. The summed E-state index contributed by atoms with van der Waals surface area (Å²) in [5.74, 6) is 0.200. The second kappa shape index (κ2) is 10.7. The van der Waals surface area contributed by atoms with Crippen LogP contribution in [0.3, 0.4) is 0 Å². The van der Waals surface area contributed by atoms with Crippen LogP contribution in [0.15, 0.2) is 53.7 Å². The fraction of sp³-hybridized carbons (Fsp3) is 0.273. The molecule has 33 heavy (non-hydrogen) atoms. The molecule has 0 aliphatic carbocycles. The van der Waals surface area contributed by atoms with E-state index in [1.807, 2.05) is 24.5 Å². The van der Waals surface area contributed by atoms with E-state index < -0.39 is 4.92 Å². The van der Waals surface area contributed by atoms with E-state index in [4.69, 9.17) is 0 Å². The fourth-order valence-electron chi connectivity index (χ4n) is 3.18. The first kappa shape index (κ1) is 23.9. The molecule has 2 aromatic carbocycles. The number of carbonyl (C=O) groups excluding carboxylic acids is 2. The third-order valence-electron chi connectivity index (χ3n) is 4.86. The van der Waals surface area contributed by atoms with Crippen molar-refractivity contribution in [1.29, 1.82) is 0 Å². The maximum Gasteiger partial charge on any atom is 0.269 e. The van der Waals surface area contributed by atoms with Crippen LogP contribution in [0.5, 0.6) is 0 Å². The molecule has 0 unspecified atom stereocenters. The van der Waals surface area contributed by atoms with Crippen molar-refractivity contribution in [2.75, 3.05) is 11.1 Å². The lowest BCUT2D eigenvalue weighted by Gasteiger charge is -2.15. The number of aromatic nitrogens is 3. The molecule has 172 valence electrons. The van der Waals surface area contributed by atoms with Crippen molar-refractivity contribution < 1.29 is 14.5 Å². The maximum atomic E-state index is 12.4. The molecule has 0 aliphatic heterocycles. The molecule has 0 aliphatic rings. The van der Waals surface area contributed by atoms with Gasteiger partial charge in [0.05, 0.1) is 16.7 Å². The van der Waals surface area contributed by atoms with Gasteiger partial charge in [-0.2, -0.15) is 0 Å². The molecule has 1 aromatic heterocycles. The van der Waals surface area contributed by atoms with Gasteiger partial charge in [-0.1, -0.05) is 30.0 Å². The zero-order chi connectivity index (χ0) is 24.0. The van der Waals surface area contributed by atoms with Crippen LogP contribution in [0.2, 0.25) is 0 Å². The zero-order valence-corrected chi connectivity index (χ0v) is 19.3. The van der Waals surface area contributed by atoms with Crippen LogP contribution >= 0.6 is 11.8 Å². The molecule has 10 nitrogen and oxygen atoms in total. The fourth-order valence-corrected chi connectivity index (χ4v) is 3.99. The van der Waals surface area contributed by atoms with Crippen LogP contribution in [-0.4, -0.2) is 37.3 Å². The van der Waals surface area contributed by atoms with Crippen molar-refractivity contribution in [3.63, 3.8) is 0 Å². The number of rotatable bonds is 9. The molecular formula is C22H24N6O4S. The molecule has 0 spiro atoms. The van der Waals surface area contributed by atoms with Gasteiger partial charge in [-0.15, -0.1) is 10.2 Å². The van der Waals surface area contributed by atoms with Gasteiger partial charge in [0.25, 0.3) is 11.6 Å². The van der Waals surface area contributed by atoms with Gasteiger partial charge in [0.1, 0.15) is 0 Å². The van der Waals surface area contributed by atoms with Crippen LogP contribution in [0.4, 0.5) is 11.4 Å². The molecule has 0 fully saturated rings. The van der Waals surface area contributed by atoms with E-state index in [-0.39, 0.29) is 29.3 Å². The first-order chi connectivity index (χ1) is 15.8. The Labute approximate surface area is 194 Å². The van der Waals surface area contributed by atoms with Crippen LogP contribution in [-0.2, 0) is 11.3 Å². The molecule has 3 rings (SSSR count). The lowest BCUT2D eigenvalue weighted by Crippen LogP contribution is -2.28. The molecule has 1 atom stereocenters. The number of aryl methyl sites for hydroxylation is 1. The largest absolute Gasteiger partial charge is 0.342 e. The van der Waals surface area contributed by atoms with Crippen molar-refractivity contribution in [2.45, 2.75) is 38.5 Å². The molecule has 11 heteroatoms. The van der Waals surface area contributed by atoms with E-state index in [1.54, 1.807) is 31.2 Å². The summed E-state index contributed by atoms with van der Waals surface area (Å²) in [5, 5.41) is 25.5.